The number of fused-ring (bicyclic) bond motifs is 1. The molecule has 1 amide bonds. The molecule has 0 unspecified atom stereocenters. The van der Waals surface area contributed by atoms with Crippen molar-refractivity contribution in [3.63, 3.8) is 0 Å². The second kappa shape index (κ2) is 7.28. The van der Waals surface area contributed by atoms with Crippen molar-refractivity contribution in [2.45, 2.75) is 12.1 Å². The van der Waals surface area contributed by atoms with E-state index in [1.807, 2.05) is 47.2 Å². The zero-order chi connectivity index (χ0) is 18.8. The van der Waals surface area contributed by atoms with Gasteiger partial charge in [0.1, 0.15) is 0 Å². The van der Waals surface area contributed by atoms with Gasteiger partial charge in [0.25, 0.3) is 0 Å². The number of carbonyl (C=O) groups is 1. The van der Waals surface area contributed by atoms with Crippen LogP contribution < -0.4 is 5.32 Å². The number of benzene rings is 2. The zero-order valence-electron chi connectivity index (χ0n) is 15.1. The number of nitrogens with zero attached hydrogens (tertiary/aromatic N) is 3. The summed E-state index contributed by atoms with van der Waals surface area (Å²) in [7, 11) is 1.63. The van der Waals surface area contributed by atoms with Gasteiger partial charge in [-0.15, -0.1) is 10.2 Å². The van der Waals surface area contributed by atoms with E-state index in [1.165, 1.54) is 11.8 Å². The number of carbonyl (C=O) groups excluding carboxylic acids is 1. The second-order valence-electron chi connectivity index (χ2n) is 6.14. The lowest BCUT2D eigenvalue weighted by molar-refractivity contribution is -0.118. The number of H-pyrrole nitrogens is 1. The maximum absolute atomic E-state index is 11.7. The van der Waals surface area contributed by atoms with Gasteiger partial charge in [-0.1, -0.05) is 48.2 Å². The summed E-state index contributed by atoms with van der Waals surface area (Å²) >= 11 is 1.37. The van der Waals surface area contributed by atoms with Crippen molar-refractivity contribution in [1.82, 2.24) is 25.1 Å². The quantitative estimate of drug-likeness (QED) is 0.522. The summed E-state index contributed by atoms with van der Waals surface area (Å²) in [5.41, 5.74) is 4.14. The van der Waals surface area contributed by atoms with Crippen LogP contribution in [0, 0.1) is 6.92 Å². The Labute approximate surface area is 161 Å². The number of nitrogens with one attached hydrogen (secondary N) is 2. The van der Waals surface area contributed by atoms with Gasteiger partial charge in [0.2, 0.25) is 5.91 Å². The van der Waals surface area contributed by atoms with E-state index in [9.17, 15) is 4.79 Å². The molecule has 0 aliphatic rings. The molecule has 0 saturated carbocycles. The molecule has 136 valence electrons. The zero-order valence-corrected chi connectivity index (χ0v) is 15.9. The molecular formula is C20H19N5OS. The molecule has 0 radical (unpaired) electrons. The molecular weight excluding hydrogens is 358 g/mol. The number of aryl methyl sites for hydroxylation is 1. The topological polar surface area (TPSA) is 75.6 Å². The van der Waals surface area contributed by atoms with Gasteiger partial charge in [-0.05, 0) is 24.6 Å². The molecule has 0 saturated heterocycles. The van der Waals surface area contributed by atoms with Crippen molar-refractivity contribution >= 4 is 28.6 Å². The highest BCUT2D eigenvalue weighted by Crippen LogP contribution is 2.33. The maximum Gasteiger partial charge on any atom is 0.230 e. The first-order valence-corrected chi connectivity index (χ1v) is 9.59. The fraction of sp³-hybridized carbons (Fsp3) is 0.150. The lowest BCUT2D eigenvalue weighted by atomic mass is 10.1. The maximum atomic E-state index is 11.7. The summed E-state index contributed by atoms with van der Waals surface area (Å²) in [5, 5.41) is 13.3. The van der Waals surface area contributed by atoms with Crippen LogP contribution in [-0.2, 0) is 4.79 Å². The van der Waals surface area contributed by atoms with Gasteiger partial charge >= 0.3 is 0 Å². The molecule has 0 aliphatic carbocycles. The van der Waals surface area contributed by atoms with Crippen LogP contribution in [-0.4, -0.2) is 38.5 Å². The summed E-state index contributed by atoms with van der Waals surface area (Å²) in [6.45, 7) is 2.06. The van der Waals surface area contributed by atoms with Crippen LogP contribution in [0.15, 0.2) is 59.9 Å². The monoisotopic (exact) mass is 377 g/mol. The number of thioether (sulfide) groups is 1. The molecule has 4 aromatic rings. The van der Waals surface area contributed by atoms with Gasteiger partial charge in [-0.25, -0.2) is 0 Å². The van der Waals surface area contributed by atoms with E-state index in [0.29, 0.717) is 5.16 Å². The van der Waals surface area contributed by atoms with Crippen LogP contribution in [0.25, 0.3) is 28.0 Å². The number of aromatic nitrogens is 4. The molecule has 2 aromatic heterocycles. The third-order valence-electron chi connectivity index (χ3n) is 4.43. The van der Waals surface area contributed by atoms with Crippen LogP contribution in [0.5, 0.6) is 0 Å². The van der Waals surface area contributed by atoms with Gasteiger partial charge in [-0.3, -0.25) is 9.36 Å². The van der Waals surface area contributed by atoms with Crippen LogP contribution in [0.2, 0.25) is 0 Å². The molecule has 2 aromatic carbocycles. The average molecular weight is 377 g/mol. The van der Waals surface area contributed by atoms with Crippen molar-refractivity contribution in [2.75, 3.05) is 12.8 Å². The van der Waals surface area contributed by atoms with Crippen LogP contribution >= 0.6 is 11.8 Å². The van der Waals surface area contributed by atoms with Crippen molar-refractivity contribution in [3.05, 3.63) is 60.3 Å². The van der Waals surface area contributed by atoms with Crippen LogP contribution in [0.4, 0.5) is 0 Å². The minimum absolute atomic E-state index is 0.0482. The molecule has 7 heteroatoms. The van der Waals surface area contributed by atoms with E-state index in [0.717, 1.165) is 33.5 Å². The average Bonchev–Trinajstić information content (AvgIpc) is 3.30. The predicted molar refractivity (Wildman–Crippen MR) is 108 cm³/mol. The van der Waals surface area contributed by atoms with E-state index in [2.05, 4.69) is 39.6 Å². The highest BCUT2D eigenvalue weighted by atomic mass is 32.2. The SMILES string of the molecule is CNC(=O)CSc1nnc(-c2c[nH]c3ccccc23)n1-c1ccccc1C. The van der Waals surface area contributed by atoms with E-state index in [1.54, 1.807) is 7.05 Å². The number of para-hydroxylation sites is 2. The molecule has 0 atom stereocenters. The Kier molecular flexibility index (Phi) is 4.68. The molecule has 2 heterocycles. The molecule has 0 aliphatic heterocycles. The van der Waals surface area contributed by atoms with Crippen LogP contribution in [0.1, 0.15) is 5.56 Å². The van der Waals surface area contributed by atoms with Crippen molar-refractivity contribution < 1.29 is 4.79 Å². The highest BCUT2D eigenvalue weighted by Gasteiger charge is 2.20. The Hall–Kier alpha value is -3.06. The summed E-state index contributed by atoms with van der Waals surface area (Å²) < 4.78 is 2.03. The molecule has 4 rings (SSSR count). The largest absolute Gasteiger partial charge is 0.360 e. The minimum Gasteiger partial charge on any atom is -0.360 e. The molecule has 2 N–H and O–H groups in total. The van der Waals surface area contributed by atoms with Crippen molar-refractivity contribution in [3.8, 4) is 17.1 Å². The molecule has 27 heavy (non-hydrogen) atoms. The van der Waals surface area contributed by atoms with E-state index < -0.39 is 0 Å². The number of hydrogen-bond acceptors (Lipinski definition) is 4. The smallest absolute Gasteiger partial charge is 0.230 e. The fourth-order valence-electron chi connectivity index (χ4n) is 3.03. The first-order chi connectivity index (χ1) is 13.2. The Bertz CT molecular complexity index is 1110. The fourth-order valence-corrected chi connectivity index (χ4v) is 3.85. The lowest BCUT2D eigenvalue weighted by Gasteiger charge is -2.12. The van der Waals surface area contributed by atoms with Crippen molar-refractivity contribution in [2.24, 2.45) is 0 Å². The van der Waals surface area contributed by atoms with Gasteiger partial charge in [-0.2, -0.15) is 0 Å². The van der Waals surface area contributed by atoms with Gasteiger partial charge in [0.05, 0.1) is 11.4 Å². The molecule has 0 bridgehead atoms. The van der Waals surface area contributed by atoms with E-state index in [4.69, 9.17) is 0 Å². The predicted octanol–water partition coefficient (Wildman–Crippen LogP) is 3.56. The molecule has 0 fully saturated rings. The first-order valence-electron chi connectivity index (χ1n) is 8.60. The standard InChI is InChI=1S/C20H19N5OS/c1-13-7-3-6-10-17(13)25-19(23-24-20(25)27-12-18(26)21-2)15-11-22-16-9-5-4-8-14(15)16/h3-11,22H,12H2,1-2H3,(H,21,26). The Morgan fingerprint density at radius 2 is 1.93 bits per heavy atom. The van der Waals surface area contributed by atoms with Gasteiger partial charge in [0.15, 0.2) is 11.0 Å². The third kappa shape index (κ3) is 3.21. The highest BCUT2D eigenvalue weighted by molar-refractivity contribution is 7.99. The lowest BCUT2D eigenvalue weighted by Crippen LogP contribution is -2.20. The van der Waals surface area contributed by atoms with Gasteiger partial charge < -0.3 is 10.3 Å². The number of hydrogen-bond donors (Lipinski definition) is 2. The van der Waals surface area contributed by atoms with Crippen LogP contribution in [0.3, 0.4) is 0 Å². The Morgan fingerprint density at radius 1 is 1.15 bits per heavy atom. The van der Waals surface area contributed by atoms with Gasteiger partial charge in [0, 0.05) is 29.7 Å². The second-order valence-corrected chi connectivity index (χ2v) is 7.08. The summed E-state index contributed by atoms with van der Waals surface area (Å²) in [6.07, 6.45) is 1.96. The minimum atomic E-state index is -0.0482. The number of amides is 1. The summed E-state index contributed by atoms with van der Waals surface area (Å²) in [6, 6.07) is 16.2. The Balaban J connectivity index is 1.88. The molecule has 6 nitrogen and oxygen atoms in total. The first kappa shape index (κ1) is 17.4. The normalized spacial score (nSPS) is 11.0. The number of aromatic amines is 1. The Morgan fingerprint density at radius 3 is 2.74 bits per heavy atom. The summed E-state index contributed by atoms with van der Waals surface area (Å²) in [4.78, 5) is 15.0. The molecule has 0 spiro atoms. The summed E-state index contributed by atoms with van der Waals surface area (Å²) in [5.74, 6) is 0.989. The van der Waals surface area contributed by atoms with Crippen molar-refractivity contribution in [1.29, 1.82) is 0 Å². The van der Waals surface area contributed by atoms with E-state index >= 15 is 0 Å². The van der Waals surface area contributed by atoms with E-state index in [-0.39, 0.29) is 11.7 Å². The number of rotatable bonds is 5. The third-order valence-corrected chi connectivity index (χ3v) is 5.36.